The molecule has 0 aromatic carbocycles. The number of ether oxygens (including phenoxy) is 1. The molecule has 0 aromatic rings. The van der Waals surface area contributed by atoms with Gasteiger partial charge >= 0.3 is 0 Å². The lowest BCUT2D eigenvalue weighted by atomic mass is 9.44. The van der Waals surface area contributed by atoms with Gasteiger partial charge < -0.3 is 20.7 Å². The average molecular weight is 366 g/mol. The lowest BCUT2D eigenvalue weighted by Crippen LogP contribution is -2.58. The van der Waals surface area contributed by atoms with E-state index in [4.69, 9.17) is 10.5 Å². The molecule has 4 N–H and O–H groups in total. The third-order valence-corrected chi connectivity index (χ3v) is 9.28. The lowest BCUT2D eigenvalue weighted by Gasteiger charge is -2.62. The second-order valence-corrected chi connectivity index (χ2v) is 10.3. The fourth-order valence-electron chi connectivity index (χ4n) is 7.72. The van der Waals surface area contributed by atoms with Crippen LogP contribution in [0, 0.1) is 34.5 Å². The minimum atomic E-state index is -0.206. The van der Waals surface area contributed by atoms with Gasteiger partial charge in [0, 0.05) is 6.61 Å². The maximum atomic E-state index is 11.1. The molecular weight excluding hydrogens is 326 g/mol. The molecule has 4 unspecified atom stereocenters. The van der Waals surface area contributed by atoms with Gasteiger partial charge in [0.2, 0.25) is 0 Å². The summed E-state index contributed by atoms with van der Waals surface area (Å²) in [6, 6.07) is 0. The molecule has 0 aromatic heterocycles. The Labute approximate surface area is 158 Å². The highest BCUT2D eigenvalue weighted by molar-refractivity contribution is 5.11. The summed E-state index contributed by atoms with van der Waals surface area (Å²) < 4.78 is 6.08. The first-order valence-corrected chi connectivity index (χ1v) is 11.1. The quantitative estimate of drug-likeness (QED) is 0.669. The van der Waals surface area contributed by atoms with Gasteiger partial charge in [-0.1, -0.05) is 13.8 Å². The summed E-state index contributed by atoms with van der Waals surface area (Å²) >= 11 is 0. The van der Waals surface area contributed by atoms with Gasteiger partial charge in [-0.3, -0.25) is 0 Å². The summed E-state index contributed by atoms with van der Waals surface area (Å²) in [5, 5.41) is 21.7. The Bertz CT molecular complexity index is 514. The van der Waals surface area contributed by atoms with Gasteiger partial charge in [-0.15, -0.1) is 0 Å². The van der Waals surface area contributed by atoms with Crippen LogP contribution in [0.3, 0.4) is 0 Å². The highest BCUT2D eigenvalue weighted by Gasteiger charge is 2.62. The molecule has 0 heterocycles. The molecule has 4 fully saturated rings. The highest BCUT2D eigenvalue weighted by atomic mass is 16.5. The second-order valence-electron chi connectivity index (χ2n) is 10.3. The molecule has 4 nitrogen and oxygen atoms in total. The number of hydrogen-bond donors (Lipinski definition) is 3. The zero-order valence-electron chi connectivity index (χ0n) is 16.7. The smallest absolute Gasteiger partial charge is 0.0596 e. The maximum Gasteiger partial charge on any atom is 0.0596 e. The first-order chi connectivity index (χ1) is 12.4. The first-order valence-electron chi connectivity index (χ1n) is 11.1. The van der Waals surface area contributed by atoms with E-state index in [0.29, 0.717) is 36.3 Å². The van der Waals surface area contributed by atoms with Crippen LogP contribution in [0.5, 0.6) is 0 Å². The molecule has 4 aliphatic rings. The van der Waals surface area contributed by atoms with E-state index in [-0.39, 0.29) is 23.0 Å². The standard InChI is InChI=1S/C22H39NO3/c1-21-8-6-14(26-11-3-10-23)12-18(21)19(24)13-15-16-4-5-20(25)22(16,2)9-7-17(15)21/h14-20,24-25H,3-13,23H2,1-2H3/t14?,15-,16-,17+,18?,19?,20?,21+,22-/m0/s1. The Morgan fingerprint density at radius 1 is 0.923 bits per heavy atom. The van der Waals surface area contributed by atoms with Crippen molar-refractivity contribution < 1.29 is 14.9 Å². The molecule has 0 saturated heterocycles. The van der Waals surface area contributed by atoms with Crippen molar-refractivity contribution in [2.24, 2.45) is 40.2 Å². The molecule has 4 heteroatoms. The number of nitrogens with two attached hydrogens (primary N) is 1. The first kappa shape index (κ1) is 19.2. The van der Waals surface area contributed by atoms with Crippen molar-refractivity contribution in [3.05, 3.63) is 0 Å². The van der Waals surface area contributed by atoms with Gasteiger partial charge in [0.15, 0.2) is 0 Å². The zero-order valence-corrected chi connectivity index (χ0v) is 16.7. The monoisotopic (exact) mass is 365 g/mol. The topological polar surface area (TPSA) is 75.7 Å². The Balaban J connectivity index is 1.51. The van der Waals surface area contributed by atoms with Crippen LogP contribution in [-0.2, 0) is 4.74 Å². The van der Waals surface area contributed by atoms with Crippen LogP contribution >= 0.6 is 0 Å². The van der Waals surface area contributed by atoms with Gasteiger partial charge in [0.05, 0.1) is 18.3 Å². The Morgan fingerprint density at radius 2 is 1.65 bits per heavy atom. The molecule has 26 heavy (non-hydrogen) atoms. The molecule has 0 radical (unpaired) electrons. The molecule has 9 atom stereocenters. The number of aliphatic hydroxyl groups excluding tert-OH is 2. The normalized spacial score (nSPS) is 53.7. The number of rotatable bonds is 4. The van der Waals surface area contributed by atoms with Crippen molar-refractivity contribution in [1.82, 2.24) is 0 Å². The van der Waals surface area contributed by atoms with E-state index >= 15 is 0 Å². The molecule has 4 rings (SSSR count). The Kier molecular flexibility index (Phi) is 5.18. The van der Waals surface area contributed by atoms with Gasteiger partial charge in [0.1, 0.15) is 0 Å². The van der Waals surface area contributed by atoms with Crippen molar-refractivity contribution in [3.8, 4) is 0 Å². The number of hydrogen-bond acceptors (Lipinski definition) is 4. The average Bonchev–Trinajstić information content (AvgIpc) is 2.92. The molecular formula is C22H39NO3. The van der Waals surface area contributed by atoms with Crippen molar-refractivity contribution in [1.29, 1.82) is 0 Å². The fraction of sp³-hybridized carbons (Fsp3) is 1.00. The van der Waals surface area contributed by atoms with E-state index < -0.39 is 0 Å². The second kappa shape index (κ2) is 7.02. The molecule has 0 bridgehead atoms. The van der Waals surface area contributed by atoms with E-state index in [1.807, 2.05) is 0 Å². The lowest BCUT2D eigenvalue weighted by molar-refractivity contribution is -0.179. The van der Waals surface area contributed by atoms with E-state index in [1.165, 1.54) is 12.8 Å². The summed E-state index contributed by atoms with van der Waals surface area (Å²) in [6.07, 6.45) is 9.62. The summed E-state index contributed by atoms with van der Waals surface area (Å²) in [4.78, 5) is 0. The SMILES string of the molecule is C[C@]12CCC(OCCCN)CC1C(O)C[C@@H]1[C@H]2CC[C@]2(C)C(O)CC[C@@H]12. The van der Waals surface area contributed by atoms with Crippen molar-refractivity contribution in [3.63, 3.8) is 0 Å². The molecule has 0 amide bonds. The van der Waals surface area contributed by atoms with Gasteiger partial charge in [-0.05, 0) is 98.8 Å². The van der Waals surface area contributed by atoms with Crippen LogP contribution in [0.4, 0.5) is 0 Å². The summed E-state index contributed by atoms with van der Waals surface area (Å²) in [6.45, 7) is 6.22. The maximum absolute atomic E-state index is 11.1. The van der Waals surface area contributed by atoms with Crippen LogP contribution in [0.1, 0.15) is 71.6 Å². The largest absolute Gasteiger partial charge is 0.393 e. The van der Waals surface area contributed by atoms with E-state index in [9.17, 15) is 10.2 Å². The molecule has 4 saturated carbocycles. The van der Waals surface area contributed by atoms with Crippen molar-refractivity contribution in [2.75, 3.05) is 13.2 Å². The van der Waals surface area contributed by atoms with E-state index in [2.05, 4.69) is 13.8 Å². The van der Waals surface area contributed by atoms with Crippen molar-refractivity contribution >= 4 is 0 Å². The van der Waals surface area contributed by atoms with Crippen LogP contribution in [0.25, 0.3) is 0 Å². The fourth-order valence-corrected chi connectivity index (χ4v) is 7.72. The Hall–Kier alpha value is -0.160. The van der Waals surface area contributed by atoms with Crippen LogP contribution < -0.4 is 5.73 Å². The summed E-state index contributed by atoms with van der Waals surface area (Å²) in [7, 11) is 0. The van der Waals surface area contributed by atoms with Crippen molar-refractivity contribution in [2.45, 2.75) is 89.9 Å². The number of fused-ring (bicyclic) bond motifs is 5. The molecule has 150 valence electrons. The third-order valence-electron chi connectivity index (χ3n) is 9.28. The van der Waals surface area contributed by atoms with E-state index in [0.717, 1.165) is 51.6 Å². The van der Waals surface area contributed by atoms with E-state index in [1.54, 1.807) is 0 Å². The van der Waals surface area contributed by atoms with Gasteiger partial charge in [-0.2, -0.15) is 0 Å². The highest BCUT2D eigenvalue weighted by Crippen LogP contribution is 2.66. The summed E-state index contributed by atoms with van der Waals surface area (Å²) in [5.74, 6) is 2.28. The molecule has 0 aliphatic heterocycles. The number of aliphatic hydroxyl groups is 2. The van der Waals surface area contributed by atoms with Crippen LogP contribution in [0.2, 0.25) is 0 Å². The molecule has 0 spiro atoms. The minimum absolute atomic E-state index is 0.0899. The minimum Gasteiger partial charge on any atom is -0.393 e. The Morgan fingerprint density at radius 3 is 2.42 bits per heavy atom. The summed E-state index contributed by atoms with van der Waals surface area (Å²) in [5.41, 5.74) is 5.92. The predicted octanol–water partition coefficient (Wildman–Crippen LogP) is 3.09. The predicted molar refractivity (Wildman–Crippen MR) is 103 cm³/mol. The van der Waals surface area contributed by atoms with Crippen LogP contribution in [0.15, 0.2) is 0 Å². The zero-order chi connectivity index (χ0) is 18.5. The third kappa shape index (κ3) is 2.87. The van der Waals surface area contributed by atoms with Crippen LogP contribution in [-0.4, -0.2) is 41.7 Å². The molecule has 4 aliphatic carbocycles. The van der Waals surface area contributed by atoms with Gasteiger partial charge in [-0.25, -0.2) is 0 Å². The van der Waals surface area contributed by atoms with Gasteiger partial charge in [0.25, 0.3) is 0 Å².